The van der Waals surface area contributed by atoms with Crippen LogP contribution in [0.5, 0.6) is 17.2 Å². The van der Waals surface area contributed by atoms with E-state index in [1.54, 1.807) is 54.2 Å². The summed E-state index contributed by atoms with van der Waals surface area (Å²) in [6, 6.07) is 19.7. The van der Waals surface area contributed by atoms with Crippen molar-refractivity contribution in [2.75, 3.05) is 7.11 Å². The van der Waals surface area contributed by atoms with E-state index >= 15 is 0 Å². The summed E-state index contributed by atoms with van der Waals surface area (Å²) in [6.07, 6.45) is -0.110. The van der Waals surface area contributed by atoms with E-state index in [0.29, 0.717) is 44.9 Å². The van der Waals surface area contributed by atoms with Crippen LogP contribution in [0.1, 0.15) is 40.9 Å². The monoisotopic (exact) mass is 450 g/mol. The van der Waals surface area contributed by atoms with Crippen LogP contribution in [-0.2, 0) is 17.0 Å². The van der Waals surface area contributed by atoms with Crippen LogP contribution in [0.15, 0.2) is 66.7 Å². The third-order valence-corrected chi connectivity index (χ3v) is 5.88. The molecule has 166 valence electrons. The van der Waals surface area contributed by atoms with Crippen molar-refractivity contribution in [2.45, 2.75) is 31.3 Å². The van der Waals surface area contributed by atoms with Crippen LogP contribution in [0.4, 0.5) is 0 Å². The first kappa shape index (κ1) is 23.4. The molecule has 0 aliphatic heterocycles. The van der Waals surface area contributed by atoms with Gasteiger partial charge < -0.3 is 14.6 Å². The van der Waals surface area contributed by atoms with Crippen LogP contribution in [0.3, 0.4) is 0 Å². The average molecular weight is 451 g/mol. The van der Waals surface area contributed by atoms with Crippen LogP contribution in [0.2, 0.25) is 0 Å². The van der Waals surface area contributed by atoms with Crippen molar-refractivity contribution >= 4 is 23.5 Å². The molecule has 3 rings (SSSR count). The second-order valence-electron chi connectivity index (χ2n) is 7.54. The summed E-state index contributed by atoms with van der Waals surface area (Å²) in [4.78, 5) is 24.0. The van der Waals surface area contributed by atoms with E-state index in [4.69, 9.17) is 14.6 Å². The molecule has 3 aromatic carbocycles. The van der Waals surface area contributed by atoms with Gasteiger partial charge in [-0.25, -0.2) is 0 Å². The second-order valence-corrected chi connectivity index (χ2v) is 9.10. The van der Waals surface area contributed by atoms with E-state index in [9.17, 15) is 9.59 Å². The van der Waals surface area contributed by atoms with Crippen molar-refractivity contribution in [3.63, 3.8) is 0 Å². The van der Waals surface area contributed by atoms with E-state index in [1.807, 2.05) is 24.3 Å². The zero-order valence-electron chi connectivity index (χ0n) is 18.3. The van der Waals surface area contributed by atoms with Gasteiger partial charge in [0.05, 0.1) is 13.5 Å². The normalized spacial score (nSPS) is 10.8. The smallest absolute Gasteiger partial charge is 0.307 e. The molecule has 0 radical (unpaired) electrons. The first-order valence-corrected chi connectivity index (χ1v) is 11.3. The Morgan fingerprint density at radius 1 is 0.906 bits per heavy atom. The maximum absolute atomic E-state index is 12.9. The quantitative estimate of drug-likeness (QED) is 0.383. The Labute approximate surface area is 192 Å². The molecule has 0 aromatic heterocycles. The third kappa shape index (κ3) is 6.14. The summed E-state index contributed by atoms with van der Waals surface area (Å²) in [5.74, 6) is 1.25. The molecule has 6 heteroatoms. The molecule has 0 spiro atoms. The fourth-order valence-corrected chi connectivity index (χ4v) is 3.89. The summed E-state index contributed by atoms with van der Waals surface area (Å²) in [5.41, 5.74) is 2.72. The number of carboxylic acid groups (broad SMARTS) is 1. The molecule has 0 bridgehead atoms. The van der Waals surface area contributed by atoms with Gasteiger partial charge in [0, 0.05) is 22.4 Å². The molecule has 0 saturated heterocycles. The summed E-state index contributed by atoms with van der Waals surface area (Å²) < 4.78 is 11.6. The molecule has 3 aromatic rings. The van der Waals surface area contributed by atoms with Crippen molar-refractivity contribution in [1.82, 2.24) is 0 Å². The van der Waals surface area contributed by atoms with Crippen molar-refractivity contribution < 1.29 is 24.2 Å². The number of carbonyl (C=O) groups is 2. The predicted octanol–water partition coefficient (Wildman–Crippen LogP) is 5.99. The maximum atomic E-state index is 12.9. The molecule has 0 saturated carbocycles. The lowest BCUT2D eigenvalue weighted by atomic mass is 10.0. The summed E-state index contributed by atoms with van der Waals surface area (Å²) in [7, 11) is 1.54. The Kier molecular flexibility index (Phi) is 7.95. The number of benzene rings is 3. The number of carboxylic acids is 1. The largest absolute Gasteiger partial charge is 0.493 e. The van der Waals surface area contributed by atoms with Gasteiger partial charge in [0.2, 0.25) is 0 Å². The van der Waals surface area contributed by atoms with Crippen molar-refractivity contribution in [2.24, 2.45) is 0 Å². The summed E-state index contributed by atoms with van der Waals surface area (Å²) in [6.45, 7) is 4.23. The topological polar surface area (TPSA) is 72.8 Å². The molecule has 1 N–H and O–H groups in total. The van der Waals surface area contributed by atoms with E-state index in [0.717, 1.165) is 5.56 Å². The van der Waals surface area contributed by atoms with Gasteiger partial charge in [0.15, 0.2) is 17.3 Å². The third-order valence-electron chi connectivity index (χ3n) is 4.73. The lowest BCUT2D eigenvalue weighted by Crippen LogP contribution is -2.04. The standard InChI is InChI=1S/C26H26O5S/c1-17(2)32-16-21-15-20(26(29)19-7-5-4-6-8-19)10-12-22(21)31-24-13-18(14-25(27)28)9-11-23(24)30-3/h4-13,15,17H,14,16H2,1-3H3,(H,27,28). The Balaban J connectivity index is 1.96. The van der Waals surface area contributed by atoms with Crippen molar-refractivity contribution in [1.29, 1.82) is 0 Å². The SMILES string of the molecule is COc1ccc(CC(=O)O)cc1Oc1ccc(C(=O)c2ccccc2)cc1CSC(C)C. The highest BCUT2D eigenvalue weighted by molar-refractivity contribution is 7.99. The van der Waals surface area contributed by atoms with Crippen LogP contribution < -0.4 is 9.47 Å². The highest BCUT2D eigenvalue weighted by Gasteiger charge is 2.16. The number of hydrogen-bond donors (Lipinski definition) is 1. The van der Waals surface area contributed by atoms with Gasteiger partial charge in [0.1, 0.15) is 5.75 Å². The molecule has 0 atom stereocenters. The van der Waals surface area contributed by atoms with E-state index < -0.39 is 5.97 Å². The predicted molar refractivity (Wildman–Crippen MR) is 127 cm³/mol. The van der Waals surface area contributed by atoms with Gasteiger partial charge in [-0.05, 0) is 41.1 Å². The highest BCUT2D eigenvalue weighted by atomic mass is 32.2. The number of methoxy groups -OCH3 is 1. The minimum atomic E-state index is -0.918. The molecule has 0 aliphatic rings. The zero-order valence-corrected chi connectivity index (χ0v) is 19.1. The lowest BCUT2D eigenvalue weighted by molar-refractivity contribution is -0.136. The molecule has 32 heavy (non-hydrogen) atoms. The first-order valence-electron chi connectivity index (χ1n) is 10.3. The number of ether oxygens (including phenoxy) is 2. The van der Waals surface area contributed by atoms with Gasteiger partial charge in [-0.15, -0.1) is 0 Å². The van der Waals surface area contributed by atoms with Crippen LogP contribution >= 0.6 is 11.8 Å². The van der Waals surface area contributed by atoms with E-state index in [2.05, 4.69) is 13.8 Å². The molecule has 0 heterocycles. The molecule has 0 fully saturated rings. The van der Waals surface area contributed by atoms with Gasteiger partial charge in [0.25, 0.3) is 0 Å². The van der Waals surface area contributed by atoms with E-state index in [-0.39, 0.29) is 12.2 Å². The van der Waals surface area contributed by atoms with Crippen molar-refractivity contribution in [3.8, 4) is 17.2 Å². The maximum Gasteiger partial charge on any atom is 0.307 e. The fraction of sp³-hybridized carbons (Fsp3) is 0.231. The molecular formula is C26H26O5S. The molecule has 0 unspecified atom stereocenters. The lowest BCUT2D eigenvalue weighted by Gasteiger charge is -2.16. The minimum Gasteiger partial charge on any atom is -0.493 e. The molecule has 0 aliphatic carbocycles. The number of hydrogen-bond acceptors (Lipinski definition) is 5. The fourth-order valence-electron chi connectivity index (χ4n) is 3.15. The van der Waals surface area contributed by atoms with Gasteiger partial charge >= 0.3 is 5.97 Å². The highest BCUT2D eigenvalue weighted by Crippen LogP contribution is 2.36. The molecule has 5 nitrogen and oxygen atoms in total. The Hall–Kier alpha value is -3.25. The Bertz CT molecular complexity index is 1090. The number of thioether (sulfide) groups is 1. The van der Waals surface area contributed by atoms with Crippen LogP contribution in [0.25, 0.3) is 0 Å². The summed E-state index contributed by atoms with van der Waals surface area (Å²) >= 11 is 1.75. The minimum absolute atomic E-state index is 0.0472. The molecule has 0 amide bonds. The second kappa shape index (κ2) is 10.9. The number of rotatable bonds is 10. The van der Waals surface area contributed by atoms with E-state index in [1.165, 1.54) is 7.11 Å². The molecular weight excluding hydrogens is 424 g/mol. The number of aliphatic carboxylic acids is 1. The average Bonchev–Trinajstić information content (AvgIpc) is 2.78. The van der Waals surface area contributed by atoms with Gasteiger partial charge in [-0.2, -0.15) is 11.8 Å². The summed E-state index contributed by atoms with van der Waals surface area (Å²) in [5, 5.41) is 9.52. The zero-order chi connectivity index (χ0) is 23.1. The van der Waals surface area contributed by atoms with Crippen LogP contribution in [0, 0.1) is 0 Å². The number of ketones is 1. The van der Waals surface area contributed by atoms with Gasteiger partial charge in [-0.3, -0.25) is 9.59 Å². The first-order chi connectivity index (χ1) is 15.4. The number of carbonyl (C=O) groups excluding carboxylic acids is 1. The van der Waals surface area contributed by atoms with Crippen molar-refractivity contribution in [3.05, 3.63) is 89.0 Å². The Morgan fingerprint density at radius 3 is 2.28 bits per heavy atom. The van der Waals surface area contributed by atoms with Gasteiger partial charge in [-0.1, -0.05) is 50.2 Å². The van der Waals surface area contributed by atoms with Crippen LogP contribution in [-0.4, -0.2) is 29.2 Å². The Morgan fingerprint density at radius 2 is 1.62 bits per heavy atom.